The number of thioether (sulfide) groups is 1. The van der Waals surface area contributed by atoms with Gasteiger partial charge in [0, 0.05) is 18.2 Å². The summed E-state index contributed by atoms with van der Waals surface area (Å²) in [4.78, 5) is 29.1. The molecule has 1 saturated carbocycles. The summed E-state index contributed by atoms with van der Waals surface area (Å²) < 4.78 is 13.3. The van der Waals surface area contributed by atoms with Crippen LogP contribution in [0.15, 0.2) is 29.6 Å². The maximum Gasteiger partial charge on any atom is 0.321 e. The molecule has 2 aliphatic rings. The summed E-state index contributed by atoms with van der Waals surface area (Å²) in [5.74, 6) is 1.14. The maximum absolute atomic E-state index is 12.5. The second-order valence-corrected chi connectivity index (χ2v) is 9.04. The Morgan fingerprint density at radius 1 is 1.23 bits per heavy atom. The third-order valence-electron chi connectivity index (χ3n) is 5.55. The number of carbonyl (C=O) groups is 2. The van der Waals surface area contributed by atoms with Crippen LogP contribution in [0, 0.1) is 0 Å². The lowest BCUT2D eigenvalue weighted by molar-refractivity contribution is -0.119. The molecular weight excluding hydrogens is 416 g/mol. The van der Waals surface area contributed by atoms with E-state index in [-0.39, 0.29) is 11.9 Å². The summed E-state index contributed by atoms with van der Waals surface area (Å²) in [6.07, 6.45) is 5.99. The highest BCUT2D eigenvalue weighted by Gasteiger charge is 2.23. The first kappa shape index (κ1) is 21.5. The number of aromatic nitrogens is 2. The molecule has 2 N–H and O–H groups in total. The number of hydrogen-bond donors (Lipinski definition) is 2. The van der Waals surface area contributed by atoms with Crippen LogP contribution in [0.2, 0.25) is 0 Å². The summed E-state index contributed by atoms with van der Waals surface area (Å²) >= 11 is 1.34. The van der Waals surface area contributed by atoms with Gasteiger partial charge in [0.15, 0.2) is 16.7 Å². The van der Waals surface area contributed by atoms with E-state index in [0.29, 0.717) is 19.8 Å². The number of rotatable bonds is 6. The fourth-order valence-corrected chi connectivity index (χ4v) is 4.86. The van der Waals surface area contributed by atoms with Gasteiger partial charge in [0.2, 0.25) is 5.91 Å². The molecule has 31 heavy (non-hydrogen) atoms. The van der Waals surface area contributed by atoms with Crippen LogP contribution >= 0.6 is 11.8 Å². The van der Waals surface area contributed by atoms with Gasteiger partial charge < -0.3 is 19.4 Å². The number of carbonyl (C=O) groups excluding carboxylic acids is 2. The fourth-order valence-electron chi connectivity index (χ4n) is 3.91. The van der Waals surface area contributed by atoms with E-state index >= 15 is 0 Å². The fraction of sp³-hybridized carbons (Fsp3) is 0.500. The molecule has 9 heteroatoms. The number of benzene rings is 1. The molecule has 0 radical (unpaired) electrons. The number of nitrogens with one attached hydrogen (secondary N) is 2. The largest absolute Gasteiger partial charge is 0.486 e. The number of hydrogen-bond acceptors (Lipinski definition) is 6. The SMILES string of the molecule is CCn1c(-c2ccc3c(c2)OCCO3)cnc1SC(C)C(=O)NC(=O)NC1CCCC1. The highest BCUT2D eigenvalue weighted by molar-refractivity contribution is 8.00. The number of imidazole rings is 1. The van der Waals surface area contributed by atoms with Gasteiger partial charge in [0.25, 0.3) is 0 Å². The molecule has 8 nitrogen and oxygen atoms in total. The first-order valence-electron chi connectivity index (χ1n) is 10.8. The first-order valence-corrected chi connectivity index (χ1v) is 11.7. The predicted octanol–water partition coefficient (Wildman–Crippen LogP) is 3.59. The van der Waals surface area contributed by atoms with E-state index in [2.05, 4.69) is 20.2 Å². The Hall–Kier alpha value is -2.68. The van der Waals surface area contributed by atoms with E-state index in [1.807, 2.05) is 25.1 Å². The minimum Gasteiger partial charge on any atom is -0.486 e. The van der Waals surface area contributed by atoms with E-state index in [1.165, 1.54) is 11.8 Å². The molecule has 1 aromatic heterocycles. The van der Waals surface area contributed by atoms with E-state index < -0.39 is 11.3 Å². The first-order chi connectivity index (χ1) is 15.0. The lowest BCUT2D eigenvalue weighted by Crippen LogP contribution is -2.45. The maximum atomic E-state index is 12.5. The second kappa shape index (κ2) is 9.64. The van der Waals surface area contributed by atoms with Crippen molar-refractivity contribution in [3.63, 3.8) is 0 Å². The Labute approximate surface area is 186 Å². The molecule has 1 aliphatic heterocycles. The summed E-state index contributed by atoms with van der Waals surface area (Å²) in [5, 5.41) is 5.60. The van der Waals surface area contributed by atoms with Crippen molar-refractivity contribution in [1.29, 1.82) is 0 Å². The van der Waals surface area contributed by atoms with Crippen molar-refractivity contribution in [3.05, 3.63) is 24.4 Å². The molecule has 1 atom stereocenters. The summed E-state index contributed by atoms with van der Waals surface area (Å²) in [7, 11) is 0. The molecule has 2 heterocycles. The van der Waals surface area contributed by atoms with Crippen molar-refractivity contribution in [1.82, 2.24) is 20.2 Å². The quantitative estimate of drug-likeness (QED) is 0.662. The third kappa shape index (κ3) is 4.98. The lowest BCUT2D eigenvalue weighted by atomic mass is 10.1. The molecule has 0 saturated heterocycles. The van der Waals surface area contributed by atoms with Gasteiger partial charge in [-0.25, -0.2) is 9.78 Å². The summed E-state index contributed by atoms with van der Waals surface area (Å²) in [6, 6.07) is 5.59. The van der Waals surface area contributed by atoms with E-state index in [4.69, 9.17) is 9.47 Å². The number of fused-ring (bicyclic) bond motifs is 1. The third-order valence-corrected chi connectivity index (χ3v) is 6.66. The zero-order valence-corrected chi connectivity index (χ0v) is 18.7. The average Bonchev–Trinajstić information content (AvgIpc) is 3.42. The van der Waals surface area contributed by atoms with Crippen LogP contribution in [0.4, 0.5) is 4.79 Å². The van der Waals surface area contributed by atoms with Crippen molar-refractivity contribution < 1.29 is 19.1 Å². The Kier molecular flexibility index (Phi) is 6.70. The van der Waals surface area contributed by atoms with E-state index in [1.54, 1.807) is 13.1 Å². The summed E-state index contributed by atoms with van der Waals surface area (Å²) in [5.41, 5.74) is 1.91. The van der Waals surface area contributed by atoms with E-state index in [0.717, 1.165) is 53.6 Å². The molecule has 1 unspecified atom stereocenters. The van der Waals surface area contributed by atoms with Crippen molar-refractivity contribution in [2.75, 3.05) is 13.2 Å². The number of amides is 3. The minimum absolute atomic E-state index is 0.170. The smallest absolute Gasteiger partial charge is 0.321 e. The zero-order chi connectivity index (χ0) is 21.8. The highest BCUT2D eigenvalue weighted by atomic mass is 32.2. The van der Waals surface area contributed by atoms with Crippen LogP contribution in [0.1, 0.15) is 39.5 Å². The van der Waals surface area contributed by atoms with Gasteiger partial charge in [-0.05, 0) is 44.9 Å². The molecule has 2 aromatic rings. The standard InChI is InChI=1S/C22H28N4O4S/c1-3-26-17(15-8-9-18-19(12-15)30-11-10-29-18)13-23-22(26)31-14(2)20(27)25-21(28)24-16-6-4-5-7-16/h8-9,12-14,16H,3-7,10-11H2,1-2H3,(H2,24,25,27,28). The van der Waals surface area contributed by atoms with Gasteiger partial charge in [-0.3, -0.25) is 10.1 Å². The monoisotopic (exact) mass is 444 g/mol. The molecule has 1 aliphatic carbocycles. The van der Waals surface area contributed by atoms with Gasteiger partial charge in [-0.1, -0.05) is 24.6 Å². The molecule has 1 aromatic carbocycles. The van der Waals surface area contributed by atoms with Crippen molar-refractivity contribution in [2.45, 2.75) is 62.5 Å². The van der Waals surface area contributed by atoms with Crippen LogP contribution in [-0.2, 0) is 11.3 Å². The van der Waals surface area contributed by atoms with Gasteiger partial charge >= 0.3 is 6.03 Å². The average molecular weight is 445 g/mol. The Bertz CT molecular complexity index is 955. The van der Waals surface area contributed by atoms with Crippen LogP contribution in [0.3, 0.4) is 0 Å². The van der Waals surface area contributed by atoms with E-state index in [9.17, 15) is 9.59 Å². The van der Waals surface area contributed by atoms with Crippen molar-refractivity contribution in [2.24, 2.45) is 0 Å². The molecule has 4 rings (SSSR count). The lowest BCUT2D eigenvalue weighted by Gasteiger charge is -2.19. The summed E-state index contributed by atoms with van der Waals surface area (Å²) in [6.45, 7) is 5.60. The van der Waals surface area contributed by atoms with Gasteiger partial charge in [-0.15, -0.1) is 0 Å². The normalized spacial score (nSPS) is 16.7. The highest BCUT2D eigenvalue weighted by Crippen LogP contribution is 2.36. The minimum atomic E-state index is -0.463. The molecule has 0 bridgehead atoms. The molecule has 3 amide bonds. The van der Waals surface area contributed by atoms with Crippen LogP contribution in [0.25, 0.3) is 11.3 Å². The number of ether oxygens (including phenoxy) is 2. The van der Waals surface area contributed by atoms with Gasteiger partial charge in [0.1, 0.15) is 13.2 Å². The molecule has 1 fully saturated rings. The molecule has 166 valence electrons. The zero-order valence-electron chi connectivity index (χ0n) is 17.8. The van der Waals surface area contributed by atoms with Crippen LogP contribution in [-0.4, -0.2) is 46.0 Å². The van der Waals surface area contributed by atoms with Crippen molar-refractivity contribution in [3.8, 4) is 22.8 Å². The van der Waals surface area contributed by atoms with Crippen LogP contribution in [0.5, 0.6) is 11.5 Å². The Morgan fingerprint density at radius 3 is 2.71 bits per heavy atom. The van der Waals surface area contributed by atoms with Gasteiger partial charge in [0.05, 0.1) is 17.1 Å². The van der Waals surface area contributed by atoms with Gasteiger partial charge in [-0.2, -0.15) is 0 Å². The topological polar surface area (TPSA) is 94.5 Å². The number of nitrogens with zero attached hydrogens (tertiary/aromatic N) is 2. The number of urea groups is 1. The van der Waals surface area contributed by atoms with Crippen molar-refractivity contribution >= 4 is 23.7 Å². The number of imide groups is 1. The second-order valence-electron chi connectivity index (χ2n) is 7.73. The molecular formula is C22H28N4O4S. The Morgan fingerprint density at radius 2 is 1.97 bits per heavy atom. The van der Waals surface area contributed by atoms with Crippen LogP contribution < -0.4 is 20.1 Å². The molecule has 0 spiro atoms. The Balaban J connectivity index is 1.42. The predicted molar refractivity (Wildman–Crippen MR) is 119 cm³/mol.